The van der Waals surface area contributed by atoms with Gasteiger partial charge in [0.1, 0.15) is 0 Å². The van der Waals surface area contributed by atoms with Crippen LogP contribution in [0.5, 0.6) is 0 Å². The van der Waals surface area contributed by atoms with Crippen molar-refractivity contribution in [2.75, 3.05) is 31.1 Å². The lowest BCUT2D eigenvalue weighted by Crippen LogP contribution is -2.49. The van der Waals surface area contributed by atoms with E-state index in [4.69, 9.17) is 0 Å². The van der Waals surface area contributed by atoms with Crippen LogP contribution in [0.15, 0.2) is 29.2 Å². The smallest absolute Gasteiger partial charge is 0.301 e. The molecule has 1 atom stereocenters. The van der Waals surface area contributed by atoms with E-state index in [9.17, 15) is 8.42 Å². The molecule has 1 aromatic rings. The summed E-state index contributed by atoms with van der Waals surface area (Å²) >= 11 is 1.63. The van der Waals surface area contributed by atoms with Crippen LogP contribution in [0.3, 0.4) is 0 Å². The summed E-state index contributed by atoms with van der Waals surface area (Å²) in [7, 11) is -1.64. The molecule has 1 aliphatic rings. The average Bonchev–Trinajstić information content (AvgIpc) is 2.48. The molecule has 2 N–H and O–H groups in total. The fourth-order valence-corrected chi connectivity index (χ4v) is 4.50. The van der Waals surface area contributed by atoms with E-state index in [-0.39, 0.29) is 6.04 Å². The highest BCUT2D eigenvalue weighted by Crippen LogP contribution is 2.23. The molecule has 0 radical (unpaired) electrons. The summed E-state index contributed by atoms with van der Waals surface area (Å²) in [6, 6.07) is 7.49. The molecule has 1 aliphatic heterocycles. The van der Waals surface area contributed by atoms with Gasteiger partial charge in [0, 0.05) is 29.7 Å². The summed E-state index contributed by atoms with van der Waals surface area (Å²) in [5.74, 6) is 0. The fraction of sp³-hybridized carbons (Fsp3) is 0.571. The number of thioether (sulfide) groups is 1. The number of anilines is 1. The van der Waals surface area contributed by atoms with Gasteiger partial charge >= 0.3 is 10.2 Å². The van der Waals surface area contributed by atoms with E-state index in [1.807, 2.05) is 25.4 Å². The summed E-state index contributed by atoms with van der Waals surface area (Å²) < 4.78 is 29.4. The van der Waals surface area contributed by atoms with Crippen molar-refractivity contribution in [2.45, 2.75) is 30.2 Å². The third-order valence-electron chi connectivity index (χ3n) is 3.66. The molecule has 1 heterocycles. The van der Waals surface area contributed by atoms with Crippen molar-refractivity contribution in [3.05, 3.63) is 24.3 Å². The molecular weight excluding hydrogens is 306 g/mol. The maximum absolute atomic E-state index is 12.6. The molecule has 0 spiro atoms. The highest BCUT2D eigenvalue weighted by atomic mass is 32.2. The van der Waals surface area contributed by atoms with E-state index in [1.165, 1.54) is 0 Å². The lowest BCUT2D eigenvalue weighted by atomic mass is 10.1. The molecule has 1 aromatic carbocycles. The Hall–Kier alpha value is -0.760. The molecule has 21 heavy (non-hydrogen) atoms. The third-order valence-corrected chi connectivity index (χ3v) is 5.99. The van der Waals surface area contributed by atoms with Gasteiger partial charge in [-0.25, -0.2) is 0 Å². The van der Waals surface area contributed by atoms with Gasteiger partial charge in [0.2, 0.25) is 0 Å². The molecule has 118 valence electrons. The van der Waals surface area contributed by atoms with Gasteiger partial charge in [-0.15, -0.1) is 11.8 Å². The van der Waals surface area contributed by atoms with Crippen LogP contribution >= 0.6 is 11.8 Å². The van der Waals surface area contributed by atoms with E-state index in [2.05, 4.69) is 10.0 Å². The van der Waals surface area contributed by atoms with Gasteiger partial charge in [-0.1, -0.05) is 6.42 Å². The molecule has 0 bridgehead atoms. The molecule has 0 aromatic heterocycles. The number of likely N-dealkylation sites (N-methyl/N-ethyl adjacent to an activating group) is 1. The first-order chi connectivity index (χ1) is 10.1. The van der Waals surface area contributed by atoms with Crippen molar-refractivity contribution < 1.29 is 8.42 Å². The topological polar surface area (TPSA) is 61.4 Å². The molecule has 7 heteroatoms. The summed E-state index contributed by atoms with van der Waals surface area (Å²) in [6.07, 6.45) is 4.91. The summed E-state index contributed by atoms with van der Waals surface area (Å²) in [5.41, 5.74) is 0.613. The van der Waals surface area contributed by atoms with Crippen LogP contribution in [0.4, 0.5) is 5.69 Å². The number of rotatable bonds is 6. The van der Waals surface area contributed by atoms with Crippen LogP contribution in [0.1, 0.15) is 19.3 Å². The highest BCUT2D eigenvalue weighted by molar-refractivity contribution is 7.98. The second kappa shape index (κ2) is 7.49. The van der Waals surface area contributed by atoms with E-state index in [0.717, 1.165) is 24.2 Å². The van der Waals surface area contributed by atoms with Crippen molar-refractivity contribution >= 4 is 27.7 Å². The van der Waals surface area contributed by atoms with Crippen molar-refractivity contribution in [2.24, 2.45) is 0 Å². The Morgan fingerprint density at radius 2 is 2.00 bits per heavy atom. The zero-order chi connectivity index (χ0) is 15.3. The van der Waals surface area contributed by atoms with E-state index in [1.54, 1.807) is 28.2 Å². The number of nitrogens with zero attached hydrogens (tertiary/aromatic N) is 1. The Kier molecular flexibility index (Phi) is 5.92. The molecule has 1 unspecified atom stereocenters. The first-order valence-electron chi connectivity index (χ1n) is 7.15. The standard InChI is InChI=1S/C14H23N3O2S2/c1-15-11-13-5-3-4-10-17(13)21(18,19)16-12-6-8-14(20-2)9-7-12/h6-9,13,15-16H,3-5,10-11H2,1-2H3. The lowest BCUT2D eigenvalue weighted by Gasteiger charge is -2.34. The van der Waals surface area contributed by atoms with Gasteiger partial charge in [0.25, 0.3) is 0 Å². The molecule has 5 nitrogen and oxygen atoms in total. The lowest BCUT2D eigenvalue weighted by molar-refractivity contribution is 0.250. The monoisotopic (exact) mass is 329 g/mol. The maximum Gasteiger partial charge on any atom is 0.301 e. The minimum atomic E-state index is -3.49. The summed E-state index contributed by atoms with van der Waals surface area (Å²) in [5, 5.41) is 3.08. The fourth-order valence-electron chi connectivity index (χ4n) is 2.60. The van der Waals surface area contributed by atoms with E-state index < -0.39 is 10.2 Å². The highest BCUT2D eigenvalue weighted by Gasteiger charge is 2.31. The predicted molar refractivity (Wildman–Crippen MR) is 89.0 cm³/mol. The zero-order valence-electron chi connectivity index (χ0n) is 12.5. The minimum Gasteiger partial charge on any atom is -0.318 e. The molecular formula is C14H23N3O2S2. The van der Waals surface area contributed by atoms with Crippen LogP contribution in [0.2, 0.25) is 0 Å². The van der Waals surface area contributed by atoms with Gasteiger partial charge in [-0.2, -0.15) is 12.7 Å². The van der Waals surface area contributed by atoms with Crippen LogP contribution < -0.4 is 10.0 Å². The van der Waals surface area contributed by atoms with Gasteiger partial charge in [-0.05, 0) is 50.4 Å². The Balaban J connectivity index is 2.11. The van der Waals surface area contributed by atoms with E-state index >= 15 is 0 Å². The number of hydrogen-bond donors (Lipinski definition) is 2. The molecule has 2 rings (SSSR count). The van der Waals surface area contributed by atoms with Crippen molar-refractivity contribution in [3.8, 4) is 0 Å². The van der Waals surface area contributed by atoms with Gasteiger partial charge in [-0.3, -0.25) is 4.72 Å². The molecule has 1 saturated heterocycles. The van der Waals surface area contributed by atoms with Crippen LogP contribution in [-0.2, 0) is 10.2 Å². The summed E-state index contributed by atoms with van der Waals surface area (Å²) in [6.45, 7) is 1.27. The largest absolute Gasteiger partial charge is 0.318 e. The Labute approximate surface area is 131 Å². The quantitative estimate of drug-likeness (QED) is 0.785. The van der Waals surface area contributed by atoms with Gasteiger partial charge in [0.15, 0.2) is 0 Å². The van der Waals surface area contributed by atoms with Crippen LogP contribution in [-0.4, -0.2) is 45.2 Å². The number of benzene rings is 1. The average molecular weight is 329 g/mol. The Morgan fingerprint density at radius 3 is 2.62 bits per heavy atom. The van der Waals surface area contributed by atoms with E-state index in [0.29, 0.717) is 18.8 Å². The number of nitrogens with one attached hydrogen (secondary N) is 2. The third kappa shape index (κ3) is 4.35. The second-order valence-corrected chi connectivity index (χ2v) is 7.66. The van der Waals surface area contributed by atoms with Crippen LogP contribution in [0, 0.1) is 0 Å². The van der Waals surface area contributed by atoms with Gasteiger partial charge in [0.05, 0.1) is 0 Å². The first-order valence-corrected chi connectivity index (χ1v) is 9.81. The SMILES string of the molecule is CNCC1CCCCN1S(=O)(=O)Nc1ccc(SC)cc1. The first kappa shape index (κ1) is 16.6. The second-order valence-electron chi connectivity index (χ2n) is 5.15. The zero-order valence-corrected chi connectivity index (χ0v) is 14.1. The Bertz CT molecular complexity index is 544. The van der Waals surface area contributed by atoms with Crippen LogP contribution in [0.25, 0.3) is 0 Å². The Morgan fingerprint density at radius 1 is 1.29 bits per heavy atom. The molecule has 0 saturated carbocycles. The number of piperidine rings is 1. The predicted octanol–water partition coefficient (Wildman–Crippen LogP) is 2.14. The number of hydrogen-bond acceptors (Lipinski definition) is 4. The normalized spacial score (nSPS) is 20.4. The van der Waals surface area contributed by atoms with Crippen molar-refractivity contribution in [1.82, 2.24) is 9.62 Å². The molecule has 0 aliphatic carbocycles. The van der Waals surface area contributed by atoms with Crippen molar-refractivity contribution in [1.29, 1.82) is 0 Å². The van der Waals surface area contributed by atoms with Crippen molar-refractivity contribution in [3.63, 3.8) is 0 Å². The van der Waals surface area contributed by atoms with Gasteiger partial charge < -0.3 is 5.32 Å². The maximum atomic E-state index is 12.6. The minimum absolute atomic E-state index is 0.0340. The molecule has 0 amide bonds. The molecule has 1 fully saturated rings. The summed E-state index contributed by atoms with van der Waals surface area (Å²) in [4.78, 5) is 1.11.